The van der Waals surface area contributed by atoms with Crippen LogP contribution in [0.5, 0.6) is 5.75 Å². The first kappa shape index (κ1) is 29.4. The molecule has 1 unspecified atom stereocenters. The summed E-state index contributed by atoms with van der Waals surface area (Å²) in [5.41, 5.74) is 12.5. The summed E-state index contributed by atoms with van der Waals surface area (Å²) >= 11 is 6.23. The third-order valence-electron chi connectivity index (χ3n) is 7.56. The molecule has 0 radical (unpaired) electrons. The Labute approximate surface area is 252 Å². The van der Waals surface area contributed by atoms with E-state index in [0.717, 1.165) is 72.9 Å². The molecule has 3 heterocycles. The number of carbonyl (C=O) groups is 1. The van der Waals surface area contributed by atoms with Gasteiger partial charge in [0, 0.05) is 63.3 Å². The van der Waals surface area contributed by atoms with Gasteiger partial charge in [-0.3, -0.25) is 19.7 Å². The lowest BCUT2D eigenvalue weighted by molar-refractivity contribution is 0.0950. The van der Waals surface area contributed by atoms with Crippen molar-refractivity contribution < 1.29 is 9.53 Å². The number of hydrogen-bond donors (Lipinski definition) is 3. The summed E-state index contributed by atoms with van der Waals surface area (Å²) in [6.45, 7) is 5.32. The predicted octanol–water partition coefficient (Wildman–Crippen LogP) is 5.01. The van der Waals surface area contributed by atoms with Gasteiger partial charge in [0.25, 0.3) is 5.91 Å². The summed E-state index contributed by atoms with van der Waals surface area (Å²) in [6.07, 6.45) is 15.6. The first-order chi connectivity index (χ1) is 20.5. The van der Waals surface area contributed by atoms with E-state index in [2.05, 4.69) is 38.7 Å². The topological polar surface area (TPSA) is 105 Å². The van der Waals surface area contributed by atoms with Gasteiger partial charge in [-0.2, -0.15) is 0 Å². The predicted molar refractivity (Wildman–Crippen MR) is 166 cm³/mol. The number of aryl methyl sites for hydroxylation is 1. The number of fused-ring (bicyclic) bond motifs is 1. The molecule has 9 heteroatoms. The SMILES string of the molecule is Cc1cncc(Cl)c1C(=O)NCc1cccc(CCN(CCNC2=C(N)CC=CC=C2)C2CCOc3cccnc32)c1. The second-order valence-electron chi connectivity index (χ2n) is 10.5. The lowest BCUT2D eigenvalue weighted by Gasteiger charge is -2.35. The second kappa shape index (κ2) is 14.2. The van der Waals surface area contributed by atoms with E-state index in [-0.39, 0.29) is 11.9 Å². The van der Waals surface area contributed by atoms with Crippen LogP contribution in [0.1, 0.15) is 51.6 Å². The van der Waals surface area contributed by atoms with Crippen LogP contribution in [0.15, 0.2) is 90.7 Å². The van der Waals surface area contributed by atoms with Gasteiger partial charge in [-0.1, -0.05) is 54.1 Å². The van der Waals surface area contributed by atoms with Crippen LogP contribution in [0.3, 0.4) is 0 Å². The Morgan fingerprint density at radius 3 is 2.93 bits per heavy atom. The monoisotopic (exact) mass is 584 g/mol. The molecule has 42 heavy (non-hydrogen) atoms. The van der Waals surface area contributed by atoms with E-state index in [4.69, 9.17) is 27.1 Å². The van der Waals surface area contributed by atoms with Crippen molar-refractivity contribution in [1.82, 2.24) is 25.5 Å². The Morgan fingerprint density at radius 1 is 1.17 bits per heavy atom. The number of allylic oxidation sites excluding steroid dienone is 4. The molecule has 2 aromatic heterocycles. The van der Waals surface area contributed by atoms with Crippen molar-refractivity contribution in [2.45, 2.75) is 38.8 Å². The molecule has 2 aliphatic rings. The van der Waals surface area contributed by atoms with Gasteiger partial charge in [-0.15, -0.1) is 0 Å². The zero-order valence-electron chi connectivity index (χ0n) is 23.9. The van der Waals surface area contributed by atoms with Crippen LogP contribution in [0.4, 0.5) is 0 Å². The zero-order valence-corrected chi connectivity index (χ0v) is 24.6. The molecule has 1 atom stereocenters. The van der Waals surface area contributed by atoms with Crippen LogP contribution in [0, 0.1) is 6.92 Å². The highest BCUT2D eigenvalue weighted by atomic mass is 35.5. The van der Waals surface area contributed by atoms with Crippen molar-refractivity contribution >= 4 is 17.5 Å². The van der Waals surface area contributed by atoms with Crippen LogP contribution in [-0.4, -0.2) is 47.0 Å². The van der Waals surface area contributed by atoms with Gasteiger partial charge in [0.2, 0.25) is 0 Å². The molecular formula is C33H37ClN6O2. The van der Waals surface area contributed by atoms with Gasteiger partial charge in [-0.05, 0) is 48.2 Å². The van der Waals surface area contributed by atoms with Crippen molar-refractivity contribution in [1.29, 1.82) is 0 Å². The van der Waals surface area contributed by atoms with Gasteiger partial charge in [-0.25, -0.2) is 0 Å². The highest BCUT2D eigenvalue weighted by molar-refractivity contribution is 6.33. The number of amides is 1. The minimum Gasteiger partial charge on any atom is -0.492 e. The smallest absolute Gasteiger partial charge is 0.253 e. The number of benzene rings is 1. The number of rotatable bonds is 11. The standard InChI is InChI=1S/C33H37ClN6O2/c1-23-20-36-22-26(34)31(23)33(41)39-21-25-8-5-7-24(19-25)12-16-40(17-15-37-28-10-4-2-3-9-27(28)35)29-13-18-42-30-11-6-14-38-32(29)30/h2-8,10-11,14,19-20,22,29,37H,9,12-13,15-18,21,35H2,1H3,(H,39,41). The van der Waals surface area contributed by atoms with Crippen molar-refractivity contribution in [3.05, 3.63) is 124 Å². The number of hydrogen-bond acceptors (Lipinski definition) is 7. The molecule has 1 aliphatic carbocycles. The average molecular weight is 585 g/mol. The number of halogens is 1. The van der Waals surface area contributed by atoms with Crippen molar-refractivity contribution in [3.63, 3.8) is 0 Å². The highest BCUT2D eigenvalue weighted by Crippen LogP contribution is 2.34. The number of nitrogens with zero attached hydrogens (tertiary/aromatic N) is 3. The third kappa shape index (κ3) is 7.38. The van der Waals surface area contributed by atoms with E-state index in [1.807, 2.05) is 55.6 Å². The molecule has 4 N–H and O–H groups in total. The Kier molecular flexibility index (Phi) is 9.90. The van der Waals surface area contributed by atoms with Crippen LogP contribution < -0.4 is 21.1 Å². The molecule has 0 bridgehead atoms. The fourth-order valence-corrected chi connectivity index (χ4v) is 5.67. The van der Waals surface area contributed by atoms with Crippen LogP contribution in [0.25, 0.3) is 0 Å². The third-order valence-corrected chi connectivity index (χ3v) is 7.85. The van der Waals surface area contributed by atoms with Gasteiger partial charge < -0.3 is 21.1 Å². The van der Waals surface area contributed by atoms with E-state index >= 15 is 0 Å². The maximum atomic E-state index is 12.8. The van der Waals surface area contributed by atoms with Crippen LogP contribution >= 0.6 is 11.6 Å². The van der Waals surface area contributed by atoms with Crippen LogP contribution in [0.2, 0.25) is 5.02 Å². The number of carbonyl (C=O) groups excluding carboxylic acids is 1. The van der Waals surface area contributed by atoms with Crippen molar-refractivity contribution in [2.24, 2.45) is 5.73 Å². The van der Waals surface area contributed by atoms with Gasteiger partial charge in [0.1, 0.15) is 5.75 Å². The minimum absolute atomic E-state index is 0.158. The lowest BCUT2D eigenvalue weighted by Crippen LogP contribution is -2.39. The zero-order chi connectivity index (χ0) is 29.3. The first-order valence-electron chi connectivity index (χ1n) is 14.3. The first-order valence-corrected chi connectivity index (χ1v) is 14.7. The largest absolute Gasteiger partial charge is 0.492 e. The minimum atomic E-state index is -0.204. The summed E-state index contributed by atoms with van der Waals surface area (Å²) in [7, 11) is 0. The maximum absolute atomic E-state index is 12.8. The molecule has 8 nitrogen and oxygen atoms in total. The molecule has 3 aromatic rings. The Hall–Kier alpha value is -4.14. The molecule has 218 valence electrons. The Morgan fingerprint density at radius 2 is 2.05 bits per heavy atom. The maximum Gasteiger partial charge on any atom is 0.253 e. The summed E-state index contributed by atoms with van der Waals surface area (Å²) in [4.78, 5) is 24.0. The molecule has 1 aliphatic heterocycles. The fraction of sp³-hybridized carbons (Fsp3) is 0.303. The quantitative estimate of drug-likeness (QED) is 0.291. The van der Waals surface area contributed by atoms with E-state index in [1.54, 1.807) is 6.20 Å². The van der Waals surface area contributed by atoms with Gasteiger partial charge in [0.05, 0.1) is 34.6 Å². The van der Waals surface area contributed by atoms with Gasteiger partial charge in [0.15, 0.2) is 0 Å². The summed E-state index contributed by atoms with van der Waals surface area (Å²) in [5.74, 6) is 0.656. The molecule has 0 saturated carbocycles. The Balaban J connectivity index is 1.25. The molecular weight excluding hydrogens is 548 g/mol. The second-order valence-corrected chi connectivity index (χ2v) is 10.9. The molecule has 0 saturated heterocycles. The number of nitrogens with two attached hydrogens (primary N) is 1. The molecule has 0 fully saturated rings. The van der Waals surface area contributed by atoms with E-state index in [0.29, 0.717) is 23.7 Å². The molecule has 1 amide bonds. The van der Waals surface area contributed by atoms with Crippen LogP contribution in [-0.2, 0) is 13.0 Å². The Bertz CT molecular complexity index is 1480. The summed E-state index contributed by atoms with van der Waals surface area (Å²) < 4.78 is 5.91. The fourth-order valence-electron chi connectivity index (χ4n) is 5.38. The molecule has 0 spiro atoms. The number of aromatic nitrogens is 2. The number of ether oxygens (including phenoxy) is 1. The highest BCUT2D eigenvalue weighted by Gasteiger charge is 2.28. The number of pyridine rings is 2. The van der Waals surface area contributed by atoms with Crippen molar-refractivity contribution in [3.8, 4) is 5.75 Å². The normalized spacial score (nSPS) is 16.1. The van der Waals surface area contributed by atoms with E-state index in [1.165, 1.54) is 11.8 Å². The summed E-state index contributed by atoms with van der Waals surface area (Å²) in [6, 6.07) is 12.4. The van der Waals surface area contributed by atoms with E-state index in [9.17, 15) is 4.79 Å². The van der Waals surface area contributed by atoms with E-state index < -0.39 is 0 Å². The molecule has 5 rings (SSSR count). The number of nitrogens with one attached hydrogen (secondary N) is 2. The average Bonchev–Trinajstić information content (AvgIpc) is 3.21. The summed E-state index contributed by atoms with van der Waals surface area (Å²) in [5, 5.41) is 6.90. The lowest BCUT2D eigenvalue weighted by atomic mass is 10.0. The van der Waals surface area contributed by atoms with Crippen molar-refractivity contribution in [2.75, 3.05) is 26.2 Å². The molecule has 1 aromatic carbocycles. The van der Waals surface area contributed by atoms with Gasteiger partial charge >= 0.3 is 0 Å².